The van der Waals surface area contributed by atoms with Gasteiger partial charge in [-0.15, -0.1) is 0 Å². The summed E-state index contributed by atoms with van der Waals surface area (Å²) < 4.78 is 14.6. The van der Waals surface area contributed by atoms with Gasteiger partial charge in [0.15, 0.2) is 0 Å². The first-order chi connectivity index (χ1) is 15.1. The van der Waals surface area contributed by atoms with Crippen LogP contribution in [0.3, 0.4) is 0 Å². The van der Waals surface area contributed by atoms with Crippen LogP contribution in [0, 0.1) is 5.82 Å². The largest absolute Gasteiger partial charge is 0.372 e. The fraction of sp³-hybridized carbons (Fsp3) is 0.346. The summed E-state index contributed by atoms with van der Waals surface area (Å²) in [5.41, 5.74) is 10.1. The maximum Gasteiger partial charge on any atom is 0.149 e. The third kappa shape index (κ3) is 4.57. The second-order valence-electron chi connectivity index (χ2n) is 8.45. The van der Waals surface area contributed by atoms with E-state index in [1.807, 2.05) is 49.4 Å². The predicted molar refractivity (Wildman–Crippen MR) is 124 cm³/mol. The molecule has 31 heavy (non-hydrogen) atoms. The Bertz CT molecular complexity index is 992. The highest BCUT2D eigenvalue weighted by Crippen LogP contribution is 2.46. The van der Waals surface area contributed by atoms with E-state index in [0.717, 1.165) is 61.4 Å². The molecule has 2 aliphatic rings. The summed E-state index contributed by atoms with van der Waals surface area (Å²) in [7, 11) is 0. The van der Waals surface area contributed by atoms with E-state index < -0.39 is 0 Å². The molecule has 4 nitrogen and oxygen atoms in total. The van der Waals surface area contributed by atoms with Gasteiger partial charge >= 0.3 is 0 Å². The van der Waals surface area contributed by atoms with Crippen LogP contribution in [-0.4, -0.2) is 29.0 Å². The monoisotopic (exact) mass is 418 g/mol. The molecule has 4 rings (SSSR count). The minimum absolute atomic E-state index is 0.183. The lowest BCUT2D eigenvalue weighted by atomic mass is 10.0. The summed E-state index contributed by atoms with van der Waals surface area (Å²) in [6.45, 7) is 7.90. The molecule has 1 aliphatic heterocycles. The first-order valence-electron chi connectivity index (χ1n) is 11.1. The van der Waals surface area contributed by atoms with E-state index in [2.05, 4.69) is 22.9 Å². The normalized spacial score (nSPS) is 21.0. The van der Waals surface area contributed by atoms with Gasteiger partial charge in [-0.3, -0.25) is 0 Å². The minimum atomic E-state index is -0.304. The smallest absolute Gasteiger partial charge is 0.149 e. The lowest BCUT2D eigenvalue weighted by Crippen LogP contribution is -2.43. The number of nitrogens with zero attached hydrogens (tertiary/aromatic N) is 2. The molecular weight excluding hydrogens is 387 g/mol. The standard InChI is InChI=1S/C26H31FN4/c1-3-9-23(31-17-8-12-20(28)18-31)22(4-2)30-26(15-16-26)24-14-13-21(27)25(29-24)19-10-6-5-7-11-19/h3-7,9-11,13-14,20,30H,2,8,12,15-18,28H2,1H3/b9-3-,23-22-/t20-/m0/s1. The van der Waals surface area contributed by atoms with Crippen LogP contribution in [0.4, 0.5) is 4.39 Å². The van der Waals surface area contributed by atoms with Gasteiger partial charge in [-0.25, -0.2) is 9.37 Å². The van der Waals surface area contributed by atoms with Crippen LogP contribution >= 0.6 is 0 Å². The van der Waals surface area contributed by atoms with Crippen molar-refractivity contribution in [3.05, 3.63) is 90.2 Å². The van der Waals surface area contributed by atoms with Crippen LogP contribution in [-0.2, 0) is 5.54 Å². The zero-order chi connectivity index (χ0) is 21.8. The number of rotatable bonds is 7. The Balaban J connectivity index is 1.67. The van der Waals surface area contributed by atoms with Gasteiger partial charge < -0.3 is 16.0 Å². The Labute approximate surface area is 184 Å². The average Bonchev–Trinajstić information content (AvgIpc) is 3.58. The third-order valence-electron chi connectivity index (χ3n) is 6.11. The van der Waals surface area contributed by atoms with E-state index in [0.29, 0.717) is 5.69 Å². The van der Waals surface area contributed by atoms with E-state index >= 15 is 0 Å². The van der Waals surface area contributed by atoms with Gasteiger partial charge in [0.1, 0.15) is 11.5 Å². The molecule has 2 aromatic rings. The van der Waals surface area contributed by atoms with Crippen LogP contribution in [0.25, 0.3) is 11.3 Å². The maximum atomic E-state index is 14.6. The molecule has 1 aromatic heterocycles. The second-order valence-corrected chi connectivity index (χ2v) is 8.45. The second kappa shape index (κ2) is 9.06. The summed E-state index contributed by atoms with van der Waals surface area (Å²) >= 11 is 0. The van der Waals surface area contributed by atoms with Crippen LogP contribution in [0.2, 0.25) is 0 Å². The van der Waals surface area contributed by atoms with Crippen molar-refractivity contribution in [3.8, 4) is 11.3 Å². The van der Waals surface area contributed by atoms with E-state index in [9.17, 15) is 4.39 Å². The van der Waals surface area contributed by atoms with Crippen LogP contribution in [0.5, 0.6) is 0 Å². The molecular formula is C26H31FN4. The van der Waals surface area contributed by atoms with Gasteiger partial charge in [-0.1, -0.05) is 43.0 Å². The number of aromatic nitrogens is 1. The molecule has 0 amide bonds. The van der Waals surface area contributed by atoms with E-state index in [1.54, 1.807) is 6.07 Å². The third-order valence-corrected chi connectivity index (χ3v) is 6.11. The molecule has 0 radical (unpaired) electrons. The number of nitrogens with one attached hydrogen (secondary N) is 1. The maximum absolute atomic E-state index is 14.6. The van der Waals surface area contributed by atoms with Gasteiger partial charge in [-0.2, -0.15) is 0 Å². The number of hydrogen-bond donors (Lipinski definition) is 2. The SMILES string of the molecule is C=C/C(NC1(c2ccc(F)c(-c3ccccc3)n2)CC1)=C(\C=C/C)N1CCC[C@H](N)C1. The molecule has 1 aliphatic carbocycles. The van der Waals surface area contributed by atoms with Gasteiger partial charge in [0, 0.05) is 24.7 Å². The summed E-state index contributed by atoms with van der Waals surface area (Å²) in [5, 5.41) is 3.71. The fourth-order valence-electron chi connectivity index (χ4n) is 4.31. The van der Waals surface area contributed by atoms with Crippen molar-refractivity contribution in [2.45, 2.75) is 44.2 Å². The molecule has 1 saturated heterocycles. The summed E-state index contributed by atoms with van der Waals surface area (Å²) in [6, 6.07) is 13.0. The molecule has 2 heterocycles. The number of hydrogen-bond acceptors (Lipinski definition) is 4. The number of nitrogens with two attached hydrogens (primary N) is 1. The minimum Gasteiger partial charge on any atom is -0.372 e. The van der Waals surface area contributed by atoms with Gasteiger partial charge in [-0.05, 0) is 56.9 Å². The zero-order valence-corrected chi connectivity index (χ0v) is 18.2. The van der Waals surface area contributed by atoms with Crippen molar-refractivity contribution in [2.24, 2.45) is 5.73 Å². The topological polar surface area (TPSA) is 54.2 Å². The van der Waals surface area contributed by atoms with Crippen molar-refractivity contribution in [1.82, 2.24) is 15.2 Å². The van der Waals surface area contributed by atoms with Gasteiger partial charge in [0.25, 0.3) is 0 Å². The molecule has 3 N–H and O–H groups in total. The zero-order valence-electron chi connectivity index (χ0n) is 18.2. The molecule has 1 aromatic carbocycles. The molecule has 1 saturated carbocycles. The number of pyridine rings is 1. The van der Waals surface area contributed by atoms with E-state index in [-0.39, 0.29) is 17.4 Å². The van der Waals surface area contributed by atoms with Crippen molar-refractivity contribution >= 4 is 0 Å². The van der Waals surface area contributed by atoms with Gasteiger partial charge in [0.05, 0.1) is 22.6 Å². The molecule has 2 fully saturated rings. The Morgan fingerprint density at radius 2 is 2.03 bits per heavy atom. The highest BCUT2D eigenvalue weighted by Gasteiger charge is 2.46. The Morgan fingerprint density at radius 3 is 2.68 bits per heavy atom. The lowest BCUT2D eigenvalue weighted by molar-refractivity contribution is 0.263. The van der Waals surface area contributed by atoms with Crippen LogP contribution in [0.15, 0.2) is 78.7 Å². The predicted octanol–water partition coefficient (Wildman–Crippen LogP) is 4.86. The number of likely N-dealkylation sites (tertiary alicyclic amines) is 1. The molecule has 0 bridgehead atoms. The van der Waals surface area contributed by atoms with Crippen LogP contribution in [0.1, 0.15) is 38.3 Å². The van der Waals surface area contributed by atoms with Crippen molar-refractivity contribution in [3.63, 3.8) is 0 Å². The van der Waals surface area contributed by atoms with Crippen molar-refractivity contribution in [2.75, 3.05) is 13.1 Å². The highest BCUT2D eigenvalue weighted by molar-refractivity contribution is 5.60. The molecule has 162 valence electrons. The number of piperidine rings is 1. The molecule has 0 spiro atoms. The quantitative estimate of drug-likeness (QED) is 0.631. The molecule has 1 atom stereocenters. The molecule has 0 unspecified atom stereocenters. The summed E-state index contributed by atoms with van der Waals surface area (Å²) in [6.07, 6.45) is 10.1. The Hall–Kier alpha value is -2.92. The van der Waals surface area contributed by atoms with Crippen molar-refractivity contribution < 1.29 is 4.39 Å². The number of halogens is 1. The first kappa shape index (κ1) is 21.3. The lowest BCUT2D eigenvalue weighted by Gasteiger charge is -2.35. The molecule has 5 heteroatoms. The van der Waals surface area contributed by atoms with E-state index in [1.165, 1.54) is 6.07 Å². The Morgan fingerprint density at radius 1 is 1.26 bits per heavy atom. The van der Waals surface area contributed by atoms with Gasteiger partial charge in [0.2, 0.25) is 0 Å². The number of allylic oxidation sites excluding steroid dienone is 3. The highest BCUT2D eigenvalue weighted by atomic mass is 19.1. The van der Waals surface area contributed by atoms with Crippen molar-refractivity contribution in [1.29, 1.82) is 0 Å². The average molecular weight is 419 g/mol. The van der Waals surface area contributed by atoms with E-state index in [4.69, 9.17) is 10.7 Å². The number of benzene rings is 1. The first-order valence-corrected chi connectivity index (χ1v) is 11.1. The fourth-order valence-corrected chi connectivity index (χ4v) is 4.31. The summed E-state index contributed by atoms with van der Waals surface area (Å²) in [5.74, 6) is -0.304. The Kier molecular flexibility index (Phi) is 6.23. The van der Waals surface area contributed by atoms with Crippen LogP contribution < -0.4 is 11.1 Å². The summed E-state index contributed by atoms with van der Waals surface area (Å²) in [4.78, 5) is 7.08.